The van der Waals surface area contributed by atoms with Gasteiger partial charge in [0.1, 0.15) is 6.10 Å². The summed E-state index contributed by atoms with van der Waals surface area (Å²) >= 11 is 0. The zero-order chi connectivity index (χ0) is 32.4. The molecule has 0 radical (unpaired) electrons. The number of nitrogens with one attached hydrogen (secondary N) is 4. The zero-order valence-electron chi connectivity index (χ0n) is 25.9. The summed E-state index contributed by atoms with van der Waals surface area (Å²) in [5.74, 6) is -1.60. The summed E-state index contributed by atoms with van der Waals surface area (Å²) in [5, 5.41) is 14.1. The van der Waals surface area contributed by atoms with E-state index in [1.165, 1.54) is 6.20 Å². The van der Waals surface area contributed by atoms with Crippen molar-refractivity contribution in [3.8, 4) is 17.1 Å². The van der Waals surface area contributed by atoms with Crippen molar-refractivity contribution in [3.05, 3.63) is 60.2 Å². The lowest BCUT2D eigenvalue weighted by Gasteiger charge is -2.17. The summed E-state index contributed by atoms with van der Waals surface area (Å²) in [4.78, 5) is 35.8. The minimum atomic E-state index is -2.89. The molecule has 1 aromatic carbocycles. The molecule has 6 rings (SSSR count). The van der Waals surface area contributed by atoms with E-state index in [-0.39, 0.29) is 30.4 Å². The smallest absolute Gasteiger partial charge is 0.262 e. The Balaban J connectivity index is 1.08. The maximum Gasteiger partial charge on any atom is 0.262 e. The van der Waals surface area contributed by atoms with E-state index in [0.717, 1.165) is 40.3 Å². The zero-order valence-corrected chi connectivity index (χ0v) is 25.9. The number of anilines is 4. The number of nitrogens with zero attached hydrogens (tertiary/aromatic N) is 7. The van der Waals surface area contributed by atoms with Gasteiger partial charge in [0.05, 0.1) is 30.0 Å². The SMILES string of the molecule is Cc1cnc(Nc2cc(C)n(C)n2)nc1-c1c[nH]c2c(NC(=O)CN3CCC(Oc4ccnc(NCC(C)(F)F)n4)C3)cccc12. The molecule has 0 aliphatic carbocycles. The van der Waals surface area contributed by atoms with Crippen molar-refractivity contribution in [2.24, 2.45) is 7.05 Å². The fourth-order valence-electron chi connectivity index (χ4n) is 5.29. The number of rotatable bonds is 11. The number of aryl methyl sites for hydroxylation is 3. The fraction of sp³-hybridized carbons (Fsp3) is 0.355. The lowest BCUT2D eigenvalue weighted by atomic mass is 10.1. The number of H-pyrrole nitrogens is 1. The van der Waals surface area contributed by atoms with Gasteiger partial charge in [-0.3, -0.25) is 14.4 Å². The number of hydrogen-bond acceptors (Lipinski definition) is 10. The van der Waals surface area contributed by atoms with Gasteiger partial charge in [0, 0.05) is 74.4 Å². The predicted octanol–water partition coefficient (Wildman–Crippen LogP) is 4.67. The number of para-hydroxylation sites is 1. The second-order valence-corrected chi connectivity index (χ2v) is 11.5. The molecule has 1 amide bonds. The average molecular weight is 632 g/mol. The molecule has 1 aliphatic rings. The molecule has 5 aromatic rings. The Morgan fingerprint density at radius 3 is 2.80 bits per heavy atom. The molecule has 4 N–H and O–H groups in total. The van der Waals surface area contributed by atoms with Crippen LogP contribution in [0.5, 0.6) is 5.88 Å². The molecule has 1 saturated heterocycles. The van der Waals surface area contributed by atoms with Gasteiger partial charge in [-0.05, 0) is 31.9 Å². The number of alkyl halides is 2. The summed E-state index contributed by atoms with van der Waals surface area (Å²) in [6, 6.07) is 9.24. The van der Waals surface area contributed by atoms with Gasteiger partial charge >= 0.3 is 0 Å². The molecular formula is C31H35F2N11O2. The van der Waals surface area contributed by atoms with Crippen LogP contribution in [-0.4, -0.2) is 83.7 Å². The first kappa shape index (κ1) is 30.8. The number of carbonyl (C=O) groups excluding carboxylic acids is 1. The molecule has 0 spiro atoms. The Morgan fingerprint density at radius 2 is 2.02 bits per heavy atom. The summed E-state index contributed by atoms with van der Waals surface area (Å²) in [6.45, 7) is 5.53. The van der Waals surface area contributed by atoms with Crippen LogP contribution in [0, 0.1) is 13.8 Å². The normalized spacial score (nSPS) is 15.3. The van der Waals surface area contributed by atoms with E-state index in [4.69, 9.17) is 9.72 Å². The second kappa shape index (κ2) is 12.7. The summed E-state index contributed by atoms with van der Waals surface area (Å²) in [7, 11) is 1.88. The molecule has 240 valence electrons. The van der Waals surface area contributed by atoms with Gasteiger partial charge in [-0.1, -0.05) is 12.1 Å². The van der Waals surface area contributed by atoms with Crippen LogP contribution in [0.3, 0.4) is 0 Å². The molecule has 1 aliphatic heterocycles. The second-order valence-electron chi connectivity index (χ2n) is 11.5. The van der Waals surface area contributed by atoms with E-state index in [1.54, 1.807) is 16.9 Å². The number of fused-ring (bicyclic) bond motifs is 1. The Labute approximate surface area is 263 Å². The third-order valence-electron chi connectivity index (χ3n) is 7.64. The van der Waals surface area contributed by atoms with E-state index in [1.807, 2.05) is 56.3 Å². The van der Waals surface area contributed by atoms with Crippen LogP contribution in [0.1, 0.15) is 24.6 Å². The molecular weight excluding hydrogens is 596 g/mol. The van der Waals surface area contributed by atoms with E-state index in [9.17, 15) is 13.6 Å². The van der Waals surface area contributed by atoms with Crippen molar-refractivity contribution in [2.75, 3.05) is 42.1 Å². The van der Waals surface area contributed by atoms with Crippen molar-refractivity contribution < 1.29 is 18.3 Å². The van der Waals surface area contributed by atoms with Crippen molar-refractivity contribution in [1.29, 1.82) is 0 Å². The highest BCUT2D eigenvalue weighted by Gasteiger charge is 2.27. The molecule has 1 atom stereocenters. The topological polar surface area (TPSA) is 151 Å². The lowest BCUT2D eigenvalue weighted by Crippen LogP contribution is -2.33. The van der Waals surface area contributed by atoms with Crippen molar-refractivity contribution in [1.82, 2.24) is 39.6 Å². The Morgan fingerprint density at radius 1 is 1.17 bits per heavy atom. The highest BCUT2D eigenvalue weighted by Crippen LogP contribution is 2.33. The largest absolute Gasteiger partial charge is 0.473 e. The van der Waals surface area contributed by atoms with Gasteiger partial charge in [0.25, 0.3) is 5.92 Å². The number of aromatic nitrogens is 7. The van der Waals surface area contributed by atoms with E-state index >= 15 is 0 Å². The van der Waals surface area contributed by atoms with Crippen molar-refractivity contribution in [3.63, 3.8) is 0 Å². The summed E-state index contributed by atoms with van der Waals surface area (Å²) in [5.41, 5.74) is 5.01. The molecule has 15 heteroatoms. The molecule has 0 bridgehead atoms. The number of aromatic amines is 1. The minimum Gasteiger partial charge on any atom is -0.473 e. The van der Waals surface area contributed by atoms with Crippen molar-refractivity contribution >= 4 is 40.2 Å². The van der Waals surface area contributed by atoms with Gasteiger partial charge < -0.3 is 25.7 Å². The standard InChI is InChI=1S/C31H35F2N11O2/c1-18-13-36-30(39-24-12-19(2)43(4)42-24)41-27(18)22-14-35-28-21(22)6-5-7-23(28)38-25(45)16-44-11-9-20(15-44)46-26-8-10-34-29(40-26)37-17-31(3,32)33/h5-8,10,12-14,20,35H,9,11,15-17H2,1-4H3,(H,38,45)(H,34,37,40)(H,36,39,41,42). The number of ether oxygens (including phenoxy) is 1. The Bertz CT molecular complexity index is 1850. The monoisotopic (exact) mass is 631 g/mol. The first-order valence-electron chi connectivity index (χ1n) is 14.9. The van der Waals surface area contributed by atoms with Crippen LogP contribution in [0.2, 0.25) is 0 Å². The van der Waals surface area contributed by atoms with Crippen LogP contribution in [0.15, 0.2) is 48.9 Å². The Hall–Kier alpha value is -5.18. The molecule has 46 heavy (non-hydrogen) atoms. The van der Waals surface area contributed by atoms with Crippen LogP contribution in [-0.2, 0) is 11.8 Å². The van der Waals surface area contributed by atoms with Crippen LogP contribution in [0.4, 0.5) is 32.2 Å². The highest BCUT2D eigenvalue weighted by atomic mass is 19.3. The minimum absolute atomic E-state index is 0.0708. The number of hydrogen-bond donors (Lipinski definition) is 4. The third kappa shape index (κ3) is 7.20. The van der Waals surface area contributed by atoms with Crippen LogP contribution in [0.25, 0.3) is 22.2 Å². The molecule has 0 saturated carbocycles. The lowest BCUT2D eigenvalue weighted by molar-refractivity contribution is -0.117. The molecule has 1 unspecified atom stereocenters. The quantitative estimate of drug-likeness (QED) is 0.162. The third-order valence-corrected chi connectivity index (χ3v) is 7.64. The fourth-order valence-corrected chi connectivity index (χ4v) is 5.29. The predicted molar refractivity (Wildman–Crippen MR) is 171 cm³/mol. The van der Waals surface area contributed by atoms with E-state index < -0.39 is 12.5 Å². The van der Waals surface area contributed by atoms with Gasteiger partial charge in [0.15, 0.2) is 5.82 Å². The number of carbonyl (C=O) groups is 1. The van der Waals surface area contributed by atoms with Gasteiger partial charge in [-0.15, -0.1) is 0 Å². The molecule has 1 fully saturated rings. The Kier molecular flexibility index (Phi) is 8.49. The maximum atomic E-state index is 13.2. The molecule has 5 heterocycles. The average Bonchev–Trinajstić information content (AvgIpc) is 3.72. The maximum absolute atomic E-state index is 13.2. The van der Waals surface area contributed by atoms with Crippen LogP contribution >= 0.6 is 0 Å². The number of benzene rings is 1. The van der Waals surface area contributed by atoms with Gasteiger partial charge in [-0.2, -0.15) is 10.1 Å². The van der Waals surface area contributed by atoms with E-state index in [2.05, 4.69) is 41.0 Å². The number of halogens is 2. The van der Waals surface area contributed by atoms with Gasteiger partial charge in [0.2, 0.25) is 23.7 Å². The van der Waals surface area contributed by atoms with Gasteiger partial charge in [-0.25, -0.2) is 23.7 Å². The number of amides is 1. The van der Waals surface area contributed by atoms with Crippen molar-refractivity contribution in [2.45, 2.75) is 39.2 Å². The molecule has 13 nitrogen and oxygen atoms in total. The van der Waals surface area contributed by atoms with Crippen LogP contribution < -0.4 is 20.7 Å². The first-order chi connectivity index (χ1) is 22.0. The first-order valence-corrected chi connectivity index (χ1v) is 14.9. The number of likely N-dealkylation sites (tertiary alicyclic amines) is 1. The highest BCUT2D eigenvalue weighted by molar-refractivity contribution is 6.06. The summed E-state index contributed by atoms with van der Waals surface area (Å²) in [6.07, 6.45) is 5.60. The van der Waals surface area contributed by atoms with E-state index in [0.29, 0.717) is 37.0 Å². The molecule has 4 aromatic heterocycles. The summed E-state index contributed by atoms with van der Waals surface area (Å²) < 4.78 is 34.1.